The lowest BCUT2D eigenvalue weighted by Crippen LogP contribution is -2.59. The van der Waals surface area contributed by atoms with E-state index in [1.54, 1.807) is 48.5 Å². The zero-order chi connectivity index (χ0) is 33.6. The summed E-state index contributed by atoms with van der Waals surface area (Å²) in [7, 11) is 0. The number of fused-ring (bicyclic) bond motifs is 15. The van der Waals surface area contributed by atoms with E-state index in [1.165, 1.54) is 6.92 Å². The van der Waals surface area contributed by atoms with E-state index in [-0.39, 0.29) is 31.9 Å². The van der Waals surface area contributed by atoms with Crippen LogP contribution in [0.5, 0.6) is 5.75 Å². The second-order valence-corrected chi connectivity index (χ2v) is 11.5. The lowest BCUT2D eigenvalue weighted by atomic mass is 10.0. The van der Waals surface area contributed by atoms with Crippen LogP contribution in [0.3, 0.4) is 0 Å². The molecule has 3 aliphatic rings. The van der Waals surface area contributed by atoms with Gasteiger partial charge in [-0.25, -0.2) is 13.8 Å². The van der Waals surface area contributed by atoms with Crippen molar-refractivity contribution < 1.29 is 37.5 Å². The molecule has 0 saturated heterocycles. The summed E-state index contributed by atoms with van der Waals surface area (Å²) in [6.07, 6.45) is 1.56. The zero-order valence-corrected chi connectivity index (χ0v) is 25.5. The van der Waals surface area contributed by atoms with Crippen LogP contribution in [-0.2, 0) is 32.0 Å². The SMILES string of the molecule is C[C@@H]1NC(=O)[C@@H](NC(=O)c2ncc(F)cc2F)Cc2ccc(cc2)OCCNC(=O)C2(CC2)NC(=O)[C@@H](Cc2ccccc2)NC1=O. The molecule has 2 aromatic carbocycles. The van der Waals surface area contributed by atoms with Gasteiger partial charge >= 0.3 is 0 Å². The van der Waals surface area contributed by atoms with Crippen LogP contribution in [-0.4, -0.2) is 71.3 Å². The maximum absolute atomic E-state index is 14.3. The van der Waals surface area contributed by atoms with Crippen molar-refractivity contribution in [1.29, 1.82) is 0 Å². The van der Waals surface area contributed by atoms with Crippen LogP contribution in [0.25, 0.3) is 0 Å². The van der Waals surface area contributed by atoms with Gasteiger partial charge in [-0.2, -0.15) is 0 Å². The minimum absolute atomic E-state index is 0.0772. The number of hydrogen-bond acceptors (Lipinski definition) is 7. The fraction of sp³-hybridized carbons (Fsp3) is 0.333. The number of rotatable bonds is 4. The number of ether oxygens (including phenoxy) is 1. The summed E-state index contributed by atoms with van der Waals surface area (Å²) >= 11 is 0. The zero-order valence-electron chi connectivity index (χ0n) is 25.5. The fourth-order valence-corrected chi connectivity index (χ4v) is 5.07. The molecule has 2 aliphatic heterocycles. The summed E-state index contributed by atoms with van der Waals surface area (Å²) in [5.41, 5.74) is -0.486. The Labute approximate surface area is 269 Å². The van der Waals surface area contributed by atoms with Crippen LogP contribution in [0.2, 0.25) is 0 Å². The number of hydrogen-bond donors (Lipinski definition) is 5. The first-order valence-corrected chi connectivity index (χ1v) is 15.1. The first-order valence-electron chi connectivity index (χ1n) is 15.1. The Morgan fingerprint density at radius 1 is 0.979 bits per heavy atom. The second-order valence-electron chi connectivity index (χ2n) is 11.5. The van der Waals surface area contributed by atoms with E-state index in [2.05, 4.69) is 31.6 Å². The highest BCUT2D eigenvalue weighted by Crippen LogP contribution is 2.35. The van der Waals surface area contributed by atoms with E-state index in [0.29, 0.717) is 36.4 Å². The van der Waals surface area contributed by atoms with Gasteiger partial charge in [0.1, 0.15) is 41.8 Å². The number of amides is 5. The Bertz CT molecular complexity index is 1650. The van der Waals surface area contributed by atoms with Gasteiger partial charge in [-0.3, -0.25) is 24.0 Å². The average Bonchev–Trinajstić information content (AvgIpc) is 3.83. The maximum Gasteiger partial charge on any atom is 0.273 e. The molecular weight excluding hydrogens is 614 g/mol. The number of nitrogens with zero attached hydrogens (tertiary/aromatic N) is 1. The third-order valence-electron chi connectivity index (χ3n) is 7.88. The van der Waals surface area contributed by atoms with Crippen LogP contribution in [0.4, 0.5) is 8.78 Å². The molecule has 6 rings (SSSR count). The molecule has 5 amide bonds. The highest BCUT2D eigenvalue weighted by molar-refractivity contribution is 5.99. The van der Waals surface area contributed by atoms with E-state index in [0.717, 1.165) is 5.56 Å². The molecule has 47 heavy (non-hydrogen) atoms. The van der Waals surface area contributed by atoms with Crippen molar-refractivity contribution in [2.75, 3.05) is 13.2 Å². The van der Waals surface area contributed by atoms with E-state index >= 15 is 0 Å². The van der Waals surface area contributed by atoms with Gasteiger partial charge in [0, 0.05) is 18.9 Å². The summed E-state index contributed by atoms with van der Waals surface area (Å²) in [5, 5.41) is 13.2. The van der Waals surface area contributed by atoms with Crippen molar-refractivity contribution in [3.63, 3.8) is 0 Å². The largest absolute Gasteiger partial charge is 0.492 e. The molecule has 3 aromatic rings. The smallest absolute Gasteiger partial charge is 0.273 e. The second kappa shape index (κ2) is 14.4. The molecule has 3 heterocycles. The number of carbonyl (C=O) groups excluding carboxylic acids is 5. The minimum Gasteiger partial charge on any atom is -0.492 e. The molecule has 1 fully saturated rings. The van der Waals surface area contributed by atoms with Gasteiger partial charge in [-0.15, -0.1) is 0 Å². The molecule has 14 heteroatoms. The molecule has 3 atom stereocenters. The lowest BCUT2D eigenvalue weighted by Gasteiger charge is -2.25. The van der Waals surface area contributed by atoms with Gasteiger partial charge in [0.2, 0.25) is 23.6 Å². The van der Waals surface area contributed by atoms with Gasteiger partial charge in [0.05, 0.1) is 12.7 Å². The Hall–Kier alpha value is -5.40. The van der Waals surface area contributed by atoms with Crippen molar-refractivity contribution in [2.24, 2.45) is 0 Å². The quantitative estimate of drug-likeness (QED) is 0.264. The Morgan fingerprint density at radius 2 is 1.70 bits per heavy atom. The number of aromatic nitrogens is 1. The Balaban J connectivity index is 1.40. The normalized spacial score (nSPS) is 21.8. The average molecular weight is 649 g/mol. The van der Waals surface area contributed by atoms with Crippen LogP contribution in [0.1, 0.15) is 41.4 Å². The molecule has 2 bridgehead atoms. The van der Waals surface area contributed by atoms with Crippen LogP contribution < -0.4 is 31.3 Å². The predicted molar refractivity (Wildman–Crippen MR) is 164 cm³/mol. The van der Waals surface area contributed by atoms with Gasteiger partial charge in [0.25, 0.3) is 5.91 Å². The lowest BCUT2D eigenvalue weighted by molar-refractivity contribution is -0.134. The standard InChI is InChI=1S/C33H34F2N6O6/c1-19-28(42)39-26(15-20-5-3-2-4-6-20)30(44)41-33(11-12-33)32(46)36-13-14-47-23-9-7-21(8-10-23)16-25(29(43)38-19)40-31(45)27-24(35)17-22(34)18-37-27/h2-10,17-19,25-26H,11-16H2,1H3,(H,36,46)(H,38,43)(H,39,42)(H,40,45)(H,41,44)/t19-,25-,26+/m0/s1. The van der Waals surface area contributed by atoms with E-state index in [9.17, 15) is 32.8 Å². The number of benzene rings is 2. The maximum atomic E-state index is 14.3. The van der Waals surface area contributed by atoms with Crippen molar-refractivity contribution in [2.45, 2.75) is 56.3 Å². The monoisotopic (exact) mass is 648 g/mol. The predicted octanol–water partition coefficient (Wildman–Crippen LogP) is 1.09. The first kappa shape index (κ1) is 33.0. The van der Waals surface area contributed by atoms with E-state index < -0.39 is 64.6 Å². The molecular formula is C33H34F2N6O6. The Morgan fingerprint density at radius 3 is 2.38 bits per heavy atom. The Kier molecular flexibility index (Phi) is 10.1. The van der Waals surface area contributed by atoms with Crippen LogP contribution in [0.15, 0.2) is 66.9 Å². The van der Waals surface area contributed by atoms with Gasteiger partial charge in [-0.1, -0.05) is 42.5 Å². The molecule has 0 unspecified atom stereocenters. The van der Waals surface area contributed by atoms with Crippen molar-refractivity contribution >= 4 is 29.5 Å². The molecule has 1 spiro atoms. The van der Waals surface area contributed by atoms with Crippen molar-refractivity contribution in [3.8, 4) is 5.75 Å². The number of carbonyl (C=O) groups is 5. The number of halogens is 2. The van der Waals surface area contributed by atoms with Crippen LogP contribution >= 0.6 is 0 Å². The van der Waals surface area contributed by atoms with Crippen molar-refractivity contribution in [1.82, 2.24) is 31.6 Å². The highest BCUT2D eigenvalue weighted by Gasteiger charge is 2.51. The fourth-order valence-electron chi connectivity index (χ4n) is 5.07. The summed E-state index contributed by atoms with van der Waals surface area (Å²) in [5.74, 6) is -5.18. The van der Waals surface area contributed by atoms with E-state index in [1.807, 2.05) is 6.07 Å². The number of nitrogens with one attached hydrogen (secondary N) is 5. The highest BCUT2D eigenvalue weighted by atomic mass is 19.1. The topological polar surface area (TPSA) is 168 Å². The van der Waals surface area contributed by atoms with Crippen LogP contribution in [0, 0.1) is 11.6 Å². The minimum atomic E-state index is -1.31. The van der Waals surface area contributed by atoms with Gasteiger partial charge in [0.15, 0.2) is 11.5 Å². The molecule has 246 valence electrons. The van der Waals surface area contributed by atoms with Crippen molar-refractivity contribution in [3.05, 3.63) is 95.3 Å². The summed E-state index contributed by atoms with van der Waals surface area (Å²) < 4.78 is 33.4. The third kappa shape index (κ3) is 8.45. The molecule has 5 N–H and O–H groups in total. The summed E-state index contributed by atoms with van der Waals surface area (Å²) in [6, 6.07) is 12.5. The molecule has 1 saturated carbocycles. The summed E-state index contributed by atoms with van der Waals surface area (Å²) in [6.45, 7) is 1.71. The van der Waals surface area contributed by atoms with E-state index in [4.69, 9.17) is 4.74 Å². The summed E-state index contributed by atoms with van der Waals surface area (Å²) in [4.78, 5) is 69.8. The third-order valence-corrected chi connectivity index (χ3v) is 7.88. The van der Waals surface area contributed by atoms with Gasteiger partial charge in [-0.05, 0) is 43.0 Å². The first-order chi connectivity index (χ1) is 22.5. The molecule has 1 aliphatic carbocycles. The van der Waals surface area contributed by atoms with Gasteiger partial charge < -0.3 is 31.3 Å². The number of pyridine rings is 1. The molecule has 0 radical (unpaired) electrons. The molecule has 1 aromatic heterocycles. The molecule has 12 nitrogen and oxygen atoms in total.